The molecule has 6 heteroatoms. The average molecular weight is 449 g/mol. The first-order valence-corrected chi connectivity index (χ1v) is 7.92. The fraction of sp³-hybridized carbons (Fsp3) is 0.611. The zero-order valence-corrected chi connectivity index (χ0v) is 18.2. The maximum absolute atomic E-state index is 5.55. The van der Waals surface area contributed by atoms with Gasteiger partial charge in [-0.15, -0.1) is 24.0 Å². The highest BCUT2D eigenvalue weighted by molar-refractivity contribution is 14.0. The molecule has 0 saturated carbocycles. The highest BCUT2D eigenvalue weighted by atomic mass is 127. The molecule has 0 radical (unpaired) electrons. The van der Waals surface area contributed by atoms with Gasteiger partial charge in [-0.3, -0.25) is 4.99 Å². The number of rotatable bonds is 6. The van der Waals surface area contributed by atoms with Crippen molar-refractivity contribution in [3.63, 3.8) is 0 Å². The molecule has 1 unspecified atom stereocenters. The predicted octanol–water partition coefficient (Wildman–Crippen LogP) is 3.35. The number of hydrogen-bond acceptors (Lipinski definition) is 3. The Hall–Kier alpha value is -1.02. The summed E-state index contributed by atoms with van der Waals surface area (Å²) in [6.07, 6.45) is 0.115. The number of methoxy groups -OCH3 is 2. The molecule has 0 aromatic heterocycles. The number of nitrogens with one attached hydrogen (secondary N) is 2. The summed E-state index contributed by atoms with van der Waals surface area (Å²) in [6, 6.07) is 6.16. The molecule has 0 fully saturated rings. The van der Waals surface area contributed by atoms with Crippen LogP contribution in [0.1, 0.15) is 31.9 Å². The van der Waals surface area contributed by atoms with Gasteiger partial charge in [0.2, 0.25) is 0 Å². The van der Waals surface area contributed by atoms with Gasteiger partial charge in [-0.25, -0.2) is 0 Å². The topological polar surface area (TPSA) is 54.9 Å². The van der Waals surface area contributed by atoms with E-state index >= 15 is 0 Å². The lowest BCUT2D eigenvalue weighted by Gasteiger charge is -2.30. The second-order valence-corrected chi connectivity index (χ2v) is 6.70. The van der Waals surface area contributed by atoms with Crippen molar-refractivity contribution in [3.8, 4) is 5.75 Å². The molecule has 24 heavy (non-hydrogen) atoms. The van der Waals surface area contributed by atoms with Crippen LogP contribution < -0.4 is 15.4 Å². The minimum Gasteiger partial charge on any atom is -0.496 e. The maximum atomic E-state index is 5.55. The molecule has 1 rings (SSSR count). The van der Waals surface area contributed by atoms with Crippen LogP contribution in [0.5, 0.6) is 5.75 Å². The molecule has 0 saturated heterocycles. The van der Waals surface area contributed by atoms with Crippen LogP contribution in [-0.2, 0) is 11.3 Å². The molecule has 0 heterocycles. The van der Waals surface area contributed by atoms with E-state index in [4.69, 9.17) is 9.47 Å². The first-order valence-electron chi connectivity index (χ1n) is 7.92. The Labute approximate surface area is 163 Å². The predicted molar refractivity (Wildman–Crippen MR) is 112 cm³/mol. The number of benzene rings is 1. The monoisotopic (exact) mass is 449 g/mol. The van der Waals surface area contributed by atoms with Crippen molar-refractivity contribution in [2.45, 2.75) is 40.3 Å². The van der Waals surface area contributed by atoms with E-state index in [1.165, 1.54) is 5.56 Å². The number of halogens is 1. The third-order valence-corrected chi connectivity index (χ3v) is 3.85. The van der Waals surface area contributed by atoms with Crippen molar-refractivity contribution in [2.24, 2.45) is 10.4 Å². The van der Waals surface area contributed by atoms with Crippen LogP contribution in [0, 0.1) is 12.3 Å². The highest BCUT2D eigenvalue weighted by Gasteiger charge is 2.24. The molecule has 0 aliphatic heterocycles. The van der Waals surface area contributed by atoms with Crippen molar-refractivity contribution in [1.82, 2.24) is 10.6 Å². The molecule has 0 aliphatic rings. The van der Waals surface area contributed by atoms with Gasteiger partial charge in [0.15, 0.2) is 5.96 Å². The SMILES string of the molecule is CN=C(NCc1ccc(OC)c(C)c1)NCC(OC)C(C)(C)C.I. The van der Waals surface area contributed by atoms with Gasteiger partial charge in [-0.2, -0.15) is 0 Å². The highest BCUT2D eigenvalue weighted by Crippen LogP contribution is 2.21. The zero-order valence-electron chi connectivity index (χ0n) is 15.9. The minimum atomic E-state index is 0. The second-order valence-electron chi connectivity index (χ2n) is 6.70. The van der Waals surface area contributed by atoms with Crippen LogP contribution >= 0.6 is 24.0 Å². The third kappa shape index (κ3) is 7.25. The van der Waals surface area contributed by atoms with Crippen molar-refractivity contribution in [1.29, 1.82) is 0 Å². The van der Waals surface area contributed by atoms with Crippen molar-refractivity contribution in [2.75, 3.05) is 27.8 Å². The molecule has 1 aromatic carbocycles. The molecule has 138 valence electrons. The van der Waals surface area contributed by atoms with E-state index in [2.05, 4.69) is 48.5 Å². The smallest absolute Gasteiger partial charge is 0.191 e. The molecular formula is C18H32IN3O2. The summed E-state index contributed by atoms with van der Waals surface area (Å²) < 4.78 is 10.8. The maximum Gasteiger partial charge on any atom is 0.191 e. The number of nitrogens with zero attached hydrogens (tertiary/aromatic N) is 1. The molecular weight excluding hydrogens is 417 g/mol. The van der Waals surface area contributed by atoms with Crippen molar-refractivity contribution < 1.29 is 9.47 Å². The molecule has 2 N–H and O–H groups in total. The van der Waals surface area contributed by atoms with Crippen LogP contribution in [0.2, 0.25) is 0 Å². The summed E-state index contributed by atoms with van der Waals surface area (Å²) in [5, 5.41) is 6.65. The van der Waals surface area contributed by atoms with Crippen LogP contribution in [0.4, 0.5) is 0 Å². The fourth-order valence-corrected chi connectivity index (χ4v) is 2.39. The molecule has 0 spiro atoms. The first kappa shape index (κ1) is 23.0. The van der Waals surface area contributed by atoms with E-state index in [1.807, 2.05) is 13.0 Å². The summed E-state index contributed by atoms with van der Waals surface area (Å²) in [6.45, 7) is 9.96. The number of guanidine groups is 1. The van der Waals surface area contributed by atoms with Crippen LogP contribution in [0.3, 0.4) is 0 Å². The van der Waals surface area contributed by atoms with E-state index in [0.29, 0.717) is 13.1 Å². The molecule has 0 aliphatic carbocycles. The third-order valence-electron chi connectivity index (χ3n) is 3.85. The first-order chi connectivity index (χ1) is 10.8. The van der Waals surface area contributed by atoms with Gasteiger partial charge in [0.1, 0.15) is 5.75 Å². The Morgan fingerprint density at radius 3 is 2.33 bits per heavy atom. The Balaban J connectivity index is 0.00000529. The fourth-order valence-electron chi connectivity index (χ4n) is 2.39. The zero-order chi connectivity index (χ0) is 17.5. The minimum absolute atomic E-state index is 0. The molecule has 1 aromatic rings. The quantitative estimate of drug-likeness (QED) is 0.398. The van der Waals surface area contributed by atoms with Crippen molar-refractivity contribution >= 4 is 29.9 Å². The lowest BCUT2D eigenvalue weighted by molar-refractivity contribution is 0.0205. The molecule has 0 amide bonds. The Kier molecular flexibility index (Phi) is 10.3. The standard InChI is InChI=1S/C18H31N3O2.HI/c1-13-10-14(8-9-15(13)22-6)11-20-17(19-5)21-12-16(23-7)18(2,3)4;/h8-10,16H,11-12H2,1-7H3,(H2,19,20,21);1H. The van der Waals surface area contributed by atoms with Gasteiger partial charge in [-0.05, 0) is 29.5 Å². The summed E-state index contributed by atoms with van der Waals surface area (Å²) in [4.78, 5) is 4.26. The lowest BCUT2D eigenvalue weighted by atomic mass is 9.89. The Morgan fingerprint density at radius 2 is 1.88 bits per heavy atom. The van der Waals surface area contributed by atoms with Crippen LogP contribution in [-0.4, -0.2) is 39.9 Å². The van der Waals surface area contributed by atoms with Gasteiger partial charge in [0.05, 0.1) is 13.2 Å². The lowest BCUT2D eigenvalue weighted by Crippen LogP contribution is -2.45. The average Bonchev–Trinajstić information content (AvgIpc) is 2.49. The van der Waals surface area contributed by atoms with Gasteiger partial charge in [0.25, 0.3) is 0 Å². The van der Waals surface area contributed by atoms with E-state index in [0.717, 1.165) is 17.3 Å². The summed E-state index contributed by atoms with van der Waals surface area (Å²) >= 11 is 0. The van der Waals surface area contributed by atoms with Gasteiger partial charge < -0.3 is 20.1 Å². The Bertz CT molecular complexity index is 527. The number of ether oxygens (including phenoxy) is 2. The largest absolute Gasteiger partial charge is 0.496 e. The van der Waals surface area contributed by atoms with Crippen LogP contribution in [0.15, 0.2) is 23.2 Å². The number of hydrogen-bond donors (Lipinski definition) is 2. The van der Waals surface area contributed by atoms with E-state index in [1.54, 1.807) is 21.3 Å². The van der Waals surface area contributed by atoms with Gasteiger partial charge >= 0.3 is 0 Å². The second kappa shape index (κ2) is 10.8. The molecule has 5 nitrogen and oxygen atoms in total. The summed E-state index contributed by atoms with van der Waals surface area (Å²) in [7, 11) is 5.20. The van der Waals surface area contributed by atoms with Crippen LogP contribution in [0.25, 0.3) is 0 Å². The van der Waals surface area contributed by atoms with E-state index in [9.17, 15) is 0 Å². The summed E-state index contributed by atoms with van der Waals surface area (Å²) in [5.41, 5.74) is 2.39. The molecule has 1 atom stereocenters. The number of aliphatic imine (C=N–C) groups is 1. The normalized spacial score (nSPS) is 13.0. The number of aryl methyl sites for hydroxylation is 1. The van der Waals surface area contributed by atoms with E-state index in [-0.39, 0.29) is 35.5 Å². The van der Waals surface area contributed by atoms with Gasteiger partial charge in [0, 0.05) is 27.2 Å². The summed E-state index contributed by atoms with van der Waals surface area (Å²) in [5.74, 6) is 1.68. The van der Waals surface area contributed by atoms with Crippen molar-refractivity contribution in [3.05, 3.63) is 29.3 Å². The van der Waals surface area contributed by atoms with E-state index < -0.39 is 0 Å². The molecule has 0 bridgehead atoms. The van der Waals surface area contributed by atoms with Gasteiger partial charge in [-0.1, -0.05) is 32.9 Å². The Morgan fingerprint density at radius 1 is 1.21 bits per heavy atom.